The summed E-state index contributed by atoms with van der Waals surface area (Å²) in [5.74, 6) is -0.225. The number of aromatic nitrogens is 3. The smallest absolute Gasteiger partial charge is 0.396 e. The molecule has 0 bridgehead atoms. The van der Waals surface area contributed by atoms with Crippen LogP contribution in [0.4, 0.5) is 24.9 Å². The Kier molecular flexibility index (Phi) is 8.25. The molecule has 1 fully saturated rings. The van der Waals surface area contributed by atoms with E-state index in [1.165, 1.54) is 11.3 Å². The number of rotatable bonds is 10. The predicted octanol–water partition coefficient (Wildman–Crippen LogP) is 2.53. The van der Waals surface area contributed by atoms with Gasteiger partial charge in [0, 0.05) is 19.1 Å². The predicted molar refractivity (Wildman–Crippen MR) is 132 cm³/mol. The minimum atomic E-state index is -4.45. The Morgan fingerprint density at radius 1 is 1.11 bits per heavy atom. The molecular formula is C23H29F3N6O3S. The van der Waals surface area contributed by atoms with Crippen molar-refractivity contribution in [2.24, 2.45) is 5.92 Å². The van der Waals surface area contributed by atoms with Gasteiger partial charge in [0.25, 0.3) is 0 Å². The average molecular weight is 527 g/mol. The highest BCUT2D eigenvalue weighted by Crippen LogP contribution is 2.38. The molecule has 0 amide bonds. The van der Waals surface area contributed by atoms with Crippen LogP contribution in [-0.4, -0.2) is 80.9 Å². The van der Waals surface area contributed by atoms with Crippen molar-refractivity contribution >= 4 is 33.3 Å². The first-order chi connectivity index (χ1) is 17.2. The second-order valence-electron chi connectivity index (χ2n) is 8.82. The van der Waals surface area contributed by atoms with Gasteiger partial charge in [-0.15, -0.1) is 11.3 Å². The van der Waals surface area contributed by atoms with E-state index < -0.39 is 31.0 Å². The number of para-hydroxylation sites is 1. The highest BCUT2D eigenvalue weighted by molar-refractivity contribution is 7.21. The normalized spacial score (nSPS) is 22.3. The van der Waals surface area contributed by atoms with Crippen LogP contribution in [0.2, 0.25) is 0 Å². The van der Waals surface area contributed by atoms with Crippen LogP contribution in [-0.2, 0) is 0 Å². The molecule has 4 rings (SSSR count). The molecule has 36 heavy (non-hydrogen) atoms. The molecule has 1 aromatic carbocycles. The standard InChI is InChI=1S/C23H29F3N6O3S/c1-12-17(21-31-14-5-2-3-6-16(14)36-21)20(32-22(29-12)28-11-23(24,25)26)30-15-9-13(18(34)19(15)35)10-27-7-4-8-33/h2-3,5-6,13,15,18-19,27,33-35H,4,7-11H2,1H3,(H2,28,29,30,32)/t13-,15-,18-,19+/m1/s1. The number of hydrogen-bond acceptors (Lipinski definition) is 10. The Morgan fingerprint density at radius 2 is 1.89 bits per heavy atom. The number of aliphatic hydroxyl groups excluding tert-OH is 3. The van der Waals surface area contributed by atoms with Crippen LogP contribution < -0.4 is 16.0 Å². The second kappa shape index (κ2) is 11.2. The lowest BCUT2D eigenvalue weighted by Crippen LogP contribution is -2.37. The van der Waals surface area contributed by atoms with Crippen LogP contribution in [0, 0.1) is 12.8 Å². The summed E-state index contributed by atoms with van der Waals surface area (Å²) in [4.78, 5) is 13.2. The van der Waals surface area contributed by atoms with Crippen LogP contribution >= 0.6 is 11.3 Å². The summed E-state index contributed by atoms with van der Waals surface area (Å²) < 4.78 is 39.3. The molecule has 1 aliphatic carbocycles. The van der Waals surface area contributed by atoms with E-state index in [0.29, 0.717) is 42.2 Å². The van der Waals surface area contributed by atoms with Gasteiger partial charge in [0.2, 0.25) is 5.95 Å². The number of alkyl halides is 3. The van der Waals surface area contributed by atoms with Gasteiger partial charge >= 0.3 is 6.18 Å². The van der Waals surface area contributed by atoms with E-state index in [0.717, 1.165) is 10.2 Å². The molecule has 0 aliphatic heterocycles. The zero-order chi connectivity index (χ0) is 25.9. The summed E-state index contributed by atoms with van der Waals surface area (Å²) in [6.45, 7) is 1.45. The lowest BCUT2D eigenvalue weighted by Gasteiger charge is -2.21. The molecule has 2 aromatic heterocycles. The maximum atomic E-state index is 12.8. The number of anilines is 2. The zero-order valence-corrected chi connectivity index (χ0v) is 20.4. The Hall–Kier alpha value is -2.58. The fourth-order valence-corrected chi connectivity index (χ4v) is 5.37. The number of nitrogens with one attached hydrogen (secondary N) is 3. The van der Waals surface area contributed by atoms with Gasteiger partial charge in [-0.3, -0.25) is 0 Å². The number of halogens is 3. The van der Waals surface area contributed by atoms with E-state index in [2.05, 4.69) is 30.9 Å². The lowest BCUT2D eigenvalue weighted by molar-refractivity contribution is -0.115. The summed E-state index contributed by atoms with van der Waals surface area (Å²) in [6.07, 6.45) is -5.58. The first kappa shape index (κ1) is 26.5. The van der Waals surface area contributed by atoms with Gasteiger partial charge in [-0.05, 0) is 38.4 Å². The third-order valence-electron chi connectivity index (χ3n) is 6.09. The zero-order valence-electron chi connectivity index (χ0n) is 19.6. The van der Waals surface area contributed by atoms with E-state index in [4.69, 9.17) is 5.11 Å². The maximum absolute atomic E-state index is 12.8. The topological polar surface area (TPSA) is 135 Å². The van der Waals surface area contributed by atoms with E-state index in [9.17, 15) is 23.4 Å². The van der Waals surface area contributed by atoms with Crippen LogP contribution in [0.25, 0.3) is 20.8 Å². The van der Waals surface area contributed by atoms with Crippen LogP contribution in [0.1, 0.15) is 18.5 Å². The summed E-state index contributed by atoms with van der Waals surface area (Å²) in [6, 6.07) is 6.95. The van der Waals surface area contributed by atoms with Gasteiger partial charge in [-0.2, -0.15) is 18.2 Å². The largest absolute Gasteiger partial charge is 0.405 e. The first-order valence-corrected chi connectivity index (χ1v) is 12.5. The molecule has 0 saturated heterocycles. The van der Waals surface area contributed by atoms with E-state index in [-0.39, 0.29) is 24.3 Å². The fraction of sp³-hybridized carbons (Fsp3) is 0.522. The van der Waals surface area contributed by atoms with Gasteiger partial charge in [0.1, 0.15) is 23.5 Å². The van der Waals surface area contributed by atoms with Crippen LogP contribution in [0.5, 0.6) is 0 Å². The number of nitrogens with zero attached hydrogens (tertiary/aromatic N) is 3. The van der Waals surface area contributed by atoms with Gasteiger partial charge in [-0.25, -0.2) is 9.97 Å². The Morgan fingerprint density at radius 3 is 2.61 bits per heavy atom. The van der Waals surface area contributed by atoms with Crippen molar-refractivity contribution in [1.29, 1.82) is 0 Å². The summed E-state index contributed by atoms with van der Waals surface area (Å²) in [7, 11) is 0. The second-order valence-corrected chi connectivity index (χ2v) is 9.85. The highest BCUT2D eigenvalue weighted by atomic mass is 32.1. The van der Waals surface area contributed by atoms with Crippen molar-refractivity contribution in [2.45, 2.75) is 44.2 Å². The molecule has 0 unspecified atom stereocenters. The van der Waals surface area contributed by atoms with Crippen molar-refractivity contribution in [3.05, 3.63) is 30.0 Å². The maximum Gasteiger partial charge on any atom is 0.405 e. The van der Waals surface area contributed by atoms with E-state index >= 15 is 0 Å². The fourth-order valence-electron chi connectivity index (χ4n) is 4.31. The molecular weight excluding hydrogens is 497 g/mol. The van der Waals surface area contributed by atoms with Crippen molar-refractivity contribution in [2.75, 3.05) is 36.9 Å². The number of aryl methyl sites for hydroxylation is 1. The molecule has 4 atom stereocenters. The quantitative estimate of drug-likeness (QED) is 0.220. The number of thiazole rings is 1. The molecule has 9 nitrogen and oxygen atoms in total. The third-order valence-corrected chi connectivity index (χ3v) is 7.14. The van der Waals surface area contributed by atoms with Gasteiger partial charge < -0.3 is 31.3 Å². The summed E-state index contributed by atoms with van der Waals surface area (Å²) >= 11 is 1.40. The van der Waals surface area contributed by atoms with E-state index in [1.54, 1.807) is 6.92 Å². The molecule has 196 valence electrons. The molecule has 13 heteroatoms. The third kappa shape index (κ3) is 6.21. The first-order valence-electron chi connectivity index (χ1n) is 11.7. The van der Waals surface area contributed by atoms with Crippen LogP contribution in [0.15, 0.2) is 24.3 Å². The Bertz CT molecular complexity index is 1140. The average Bonchev–Trinajstić information content (AvgIpc) is 3.36. The lowest BCUT2D eigenvalue weighted by atomic mass is 10.1. The van der Waals surface area contributed by atoms with Crippen molar-refractivity contribution in [3.63, 3.8) is 0 Å². The number of hydrogen-bond donors (Lipinski definition) is 6. The molecule has 0 spiro atoms. The molecule has 1 saturated carbocycles. The van der Waals surface area contributed by atoms with Crippen LogP contribution in [0.3, 0.4) is 0 Å². The SMILES string of the molecule is Cc1nc(NCC(F)(F)F)nc(N[C@@H]2C[C@H](CNCCCO)[C@@H](O)[C@H]2O)c1-c1nc2ccccc2s1. The summed E-state index contributed by atoms with van der Waals surface area (Å²) in [5, 5.41) is 39.3. The molecule has 3 aromatic rings. The molecule has 6 N–H and O–H groups in total. The number of aliphatic hydroxyl groups is 3. The molecule has 1 aliphatic rings. The van der Waals surface area contributed by atoms with Gasteiger partial charge in [0.15, 0.2) is 0 Å². The van der Waals surface area contributed by atoms with Crippen molar-refractivity contribution in [3.8, 4) is 10.6 Å². The van der Waals surface area contributed by atoms with Gasteiger partial charge in [-0.1, -0.05) is 12.1 Å². The van der Waals surface area contributed by atoms with E-state index in [1.807, 2.05) is 24.3 Å². The van der Waals surface area contributed by atoms with Crippen molar-refractivity contribution < 1.29 is 28.5 Å². The Balaban J connectivity index is 1.63. The van der Waals surface area contributed by atoms with Crippen molar-refractivity contribution in [1.82, 2.24) is 20.3 Å². The Labute approximate surface area is 209 Å². The highest BCUT2D eigenvalue weighted by Gasteiger charge is 2.41. The minimum absolute atomic E-state index is 0.0549. The minimum Gasteiger partial charge on any atom is -0.396 e. The monoisotopic (exact) mass is 526 g/mol. The number of benzene rings is 1. The number of fused-ring (bicyclic) bond motifs is 1. The van der Waals surface area contributed by atoms with Gasteiger partial charge in [0.05, 0.1) is 33.6 Å². The summed E-state index contributed by atoms with van der Waals surface area (Å²) in [5.41, 5.74) is 1.72. The molecule has 2 heterocycles. The molecule has 0 radical (unpaired) electrons.